The highest BCUT2D eigenvalue weighted by Crippen LogP contribution is 2.23. The van der Waals surface area contributed by atoms with Crippen LogP contribution < -0.4 is 4.74 Å². The van der Waals surface area contributed by atoms with E-state index in [0.29, 0.717) is 0 Å². The first-order chi connectivity index (χ1) is 8.72. The Kier molecular flexibility index (Phi) is 3.78. The second-order valence-corrected chi connectivity index (χ2v) is 4.22. The zero-order valence-corrected chi connectivity index (χ0v) is 11.0. The summed E-state index contributed by atoms with van der Waals surface area (Å²) in [6, 6.07) is 13.9. The van der Waals surface area contributed by atoms with Crippen molar-refractivity contribution in [2.75, 3.05) is 7.11 Å². The molecule has 0 amide bonds. The van der Waals surface area contributed by atoms with Crippen LogP contribution in [0.1, 0.15) is 16.7 Å². The third kappa shape index (κ3) is 2.59. The lowest BCUT2D eigenvalue weighted by Gasteiger charge is -2.09. The molecule has 2 nitrogen and oxygen atoms in total. The van der Waals surface area contributed by atoms with Crippen LogP contribution in [0.5, 0.6) is 5.75 Å². The van der Waals surface area contributed by atoms with Crippen molar-refractivity contribution in [1.82, 2.24) is 0 Å². The molecule has 2 aromatic rings. The summed E-state index contributed by atoms with van der Waals surface area (Å²) < 4.78 is 5.38. The Balaban J connectivity index is 2.39. The predicted octanol–water partition coefficient (Wildman–Crippen LogP) is 4.06. The predicted molar refractivity (Wildman–Crippen MR) is 76.2 cm³/mol. The third-order valence-corrected chi connectivity index (χ3v) is 3.06. The van der Waals surface area contributed by atoms with E-state index in [-0.39, 0.29) is 0 Å². The fourth-order valence-corrected chi connectivity index (χ4v) is 1.80. The quantitative estimate of drug-likeness (QED) is 0.740. The molecular formula is C16H17NO. The molecule has 0 radical (unpaired) electrons. The second-order valence-electron chi connectivity index (χ2n) is 4.22. The van der Waals surface area contributed by atoms with Crippen LogP contribution in [-0.4, -0.2) is 13.3 Å². The number of aliphatic imine (C=N–C) groups is 1. The van der Waals surface area contributed by atoms with Crippen LogP contribution in [0.3, 0.4) is 0 Å². The van der Waals surface area contributed by atoms with Gasteiger partial charge >= 0.3 is 0 Å². The summed E-state index contributed by atoms with van der Waals surface area (Å²) in [5.74, 6) is 0.859. The maximum Gasteiger partial charge on any atom is 0.127 e. The van der Waals surface area contributed by atoms with Gasteiger partial charge in [-0.2, -0.15) is 0 Å². The standard InChI is InChI=1S/C16H17NO/c1-12-9-10-16(18-3)15(13(12)2)11-17-14-7-5-4-6-8-14/h4-11H,1-3H3. The lowest BCUT2D eigenvalue weighted by atomic mass is 10.0. The first-order valence-corrected chi connectivity index (χ1v) is 5.95. The first kappa shape index (κ1) is 12.4. The summed E-state index contributed by atoms with van der Waals surface area (Å²) in [7, 11) is 1.68. The molecule has 0 unspecified atom stereocenters. The lowest BCUT2D eigenvalue weighted by Crippen LogP contribution is -1.96. The summed E-state index contributed by atoms with van der Waals surface area (Å²) in [5.41, 5.74) is 4.43. The summed E-state index contributed by atoms with van der Waals surface area (Å²) in [6.07, 6.45) is 1.87. The fraction of sp³-hybridized carbons (Fsp3) is 0.188. The SMILES string of the molecule is COc1ccc(C)c(C)c1C=Nc1ccccc1. The molecule has 0 saturated carbocycles. The lowest BCUT2D eigenvalue weighted by molar-refractivity contribution is 0.413. The Bertz CT molecular complexity index is 559. The number of nitrogens with zero attached hydrogens (tertiary/aromatic N) is 1. The molecule has 2 rings (SSSR count). The van der Waals surface area contributed by atoms with Crippen LogP contribution in [0.25, 0.3) is 0 Å². The maximum absolute atomic E-state index is 5.38. The van der Waals surface area contributed by atoms with Crippen LogP contribution in [0, 0.1) is 13.8 Å². The first-order valence-electron chi connectivity index (χ1n) is 5.95. The van der Waals surface area contributed by atoms with Gasteiger partial charge in [0.25, 0.3) is 0 Å². The average molecular weight is 239 g/mol. The molecule has 18 heavy (non-hydrogen) atoms. The molecule has 0 spiro atoms. The Morgan fingerprint density at radius 1 is 1.00 bits per heavy atom. The number of aryl methyl sites for hydroxylation is 1. The van der Waals surface area contributed by atoms with Gasteiger partial charge in [0.15, 0.2) is 0 Å². The van der Waals surface area contributed by atoms with Crippen molar-refractivity contribution in [3.05, 3.63) is 59.2 Å². The number of hydrogen-bond donors (Lipinski definition) is 0. The molecule has 0 bridgehead atoms. The number of hydrogen-bond acceptors (Lipinski definition) is 2. The average Bonchev–Trinajstić information content (AvgIpc) is 2.41. The monoisotopic (exact) mass is 239 g/mol. The highest BCUT2D eigenvalue weighted by Gasteiger charge is 2.06. The molecule has 2 aromatic carbocycles. The summed E-state index contributed by atoms with van der Waals surface area (Å²) in [4.78, 5) is 4.48. The van der Waals surface area contributed by atoms with E-state index in [1.807, 2.05) is 42.6 Å². The Morgan fingerprint density at radius 2 is 1.72 bits per heavy atom. The summed E-state index contributed by atoms with van der Waals surface area (Å²) >= 11 is 0. The van der Waals surface area contributed by atoms with Gasteiger partial charge in [-0.1, -0.05) is 24.3 Å². The van der Waals surface area contributed by atoms with Gasteiger partial charge in [0.2, 0.25) is 0 Å². The van der Waals surface area contributed by atoms with Crippen molar-refractivity contribution in [2.45, 2.75) is 13.8 Å². The number of rotatable bonds is 3. The van der Waals surface area contributed by atoms with Crippen LogP contribution in [0.15, 0.2) is 47.5 Å². The van der Waals surface area contributed by atoms with Gasteiger partial charge in [0, 0.05) is 11.8 Å². The van der Waals surface area contributed by atoms with Crippen molar-refractivity contribution in [2.24, 2.45) is 4.99 Å². The van der Waals surface area contributed by atoms with Crippen molar-refractivity contribution >= 4 is 11.9 Å². The van der Waals surface area contributed by atoms with Crippen molar-refractivity contribution in [3.63, 3.8) is 0 Å². The number of ether oxygens (including phenoxy) is 1. The van der Waals surface area contributed by atoms with Crippen LogP contribution >= 0.6 is 0 Å². The Labute approximate surface area is 108 Å². The molecule has 0 aliphatic rings. The summed E-state index contributed by atoms with van der Waals surface area (Å²) in [5, 5.41) is 0. The van der Waals surface area contributed by atoms with E-state index in [4.69, 9.17) is 4.74 Å². The highest BCUT2D eigenvalue weighted by atomic mass is 16.5. The minimum Gasteiger partial charge on any atom is -0.496 e. The molecule has 0 fully saturated rings. The molecule has 0 aromatic heterocycles. The van der Waals surface area contributed by atoms with Crippen molar-refractivity contribution < 1.29 is 4.74 Å². The van der Waals surface area contributed by atoms with Crippen molar-refractivity contribution in [3.8, 4) is 5.75 Å². The van der Waals surface area contributed by atoms with Crippen LogP contribution in [0.2, 0.25) is 0 Å². The van der Waals surface area contributed by atoms with Gasteiger partial charge in [-0.15, -0.1) is 0 Å². The Hall–Kier alpha value is -2.09. The number of para-hydroxylation sites is 1. The zero-order valence-electron chi connectivity index (χ0n) is 11.0. The van der Waals surface area contributed by atoms with Gasteiger partial charge in [-0.05, 0) is 43.2 Å². The number of benzene rings is 2. The van der Waals surface area contributed by atoms with Gasteiger partial charge in [0.1, 0.15) is 5.75 Å². The molecular weight excluding hydrogens is 222 g/mol. The maximum atomic E-state index is 5.38. The largest absolute Gasteiger partial charge is 0.496 e. The molecule has 2 heteroatoms. The van der Waals surface area contributed by atoms with Crippen molar-refractivity contribution in [1.29, 1.82) is 0 Å². The molecule has 0 atom stereocenters. The molecule has 0 heterocycles. The van der Waals surface area contributed by atoms with E-state index >= 15 is 0 Å². The molecule has 0 aliphatic heterocycles. The second kappa shape index (κ2) is 5.50. The van der Waals surface area contributed by atoms with Gasteiger partial charge in [-0.3, -0.25) is 4.99 Å². The van der Waals surface area contributed by atoms with Gasteiger partial charge in [-0.25, -0.2) is 0 Å². The van der Waals surface area contributed by atoms with Gasteiger partial charge in [0.05, 0.1) is 12.8 Å². The Morgan fingerprint density at radius 3 is 2.39 bits per heavy atom. The van der Waals surface area contributed by atoms with E-state index in [0.717, 1.165) is 17.0 Å². The highest BCUT2D eigenvalue weighted by molar-refractivity contribution is 5.87. The van der Waals surface area contributed by atoms with Crippen LogP contribution in [-0.2, 0) is 0 Å². The smallest absolute Gasteiger partial charge is 0.127 e. The molecule has 92 valence electrons. The van der Waals surface area contributed by atoms with E-state index < -0.39 is 0 Å². The fourth-order valence-electron chi connectivity index (χ4n) is 1.80. The van der Waals surface area contributed by atoms with E-state index in [1.54, 1.807) is 7.11 Å². The third-order valence-electron chi connectivity index (χ3n) is 3.06. The summed E-state index contributed by atoms with van der Waals surface area (Å²) in [6.45, 7) is 4.18. The minimum atomic E-state index is 0.859. The molecule has 0 N–H and O–H groups in total. The topological polar surface area (TPSA) is 21.6 Å². The number of methoxy groups -OCH3 is 1. The van der Waals surface area contributed by atoms with E-state index in [2.05, 4.69) is 24.9 Å². The molecule has 0 saturated heterocycles. The zero-order chi connectivity index (χ0) is 13.0. The van der Waals surface area contributed by atoms with E-state index in [9.17, 15) is 0 Å². The normalized spacial score (nSPS) is 10.8. The molecule has 0 aliphatic carbocycles. The minimum absolute atomic E-state index is 0.859. The van der Waals surface area contributed by atoms with Crippen LogP contribution in [0.4, 0.5) is 5.69 Å². The van der Waals surface area contributed by atoms with E-state index in [1.165, 1.54) is 11.1 Å². The van der Waals surface area contributed by atoms with Gasteiger partial charge < -0.3 is 4.74 Å².